The molecule has 2 N–H and O–H groups in total. The molecule has 1 heterocycles. The van der Waals surface area contributed by atoms with Crippen LogP contribution in [0.1, 0.15) is 70.0 Å². The number of benzene rings is 1. The van der Waals surface area contributed by atoms with Crippen LogP contribution in [0, 0.1) is 5.92 Å². The maximum absolute atomic E-state index is 9.53. The van der Waals surface area contributed by atoms with Gasteiger partial charge in [-0.15, -0.1) is 0 Å². The molecule has 5 heteroatoms. The van der Waals surface area contributed by atoms with E-state index in [0.29, 0.717) is 18.5 Å². The minimum atomic E-state index is 0.201. The Morgan fingerprint density at radius 2 is 1.79 bits per heavy atom. The zero-order valence-corrected chi connectivity index (χ0v) is 17.0. The highest BCUT2D eigenvalue weighted by Crippen LogP contribution is 2.29. The zero-order chi connectivity index (χ0) is 19.2. The first-order valence-corrected chi connectivity index (χ1v) is 11.3. The van der Waals surface area contributed by atoms with Gasteiger partial charge in [0.1, 0.15) is 17.1 Å². The standard InChI is InChI=1S/C23H35N3O2/c27-15-14-26(19-10-5-2-6-11-19)16-22-24-20-12-7-13-21(23(20)25-22)28-17-18-8-3-1-4-9-18/h7,12-13,18-19,27H,1-6,8-11,14-17H2,(H,24,25). The second-order valence-corrected chi connectivity index (χ2v) is 8.64. The van der Waals surface area contributed by atoms with Gasteiger partial charge in [-0.3, -0.25) is 4.90 Å². The van der Waals surface area contributed by atoms with E-state index in [0.717, 1.165) is 35.8 Å². The fourth-order valence-corrected chi connectivity index (χ4v) is 4.97. The van der Waals surface area contributed by atoms with Crippen LogP contribution in [-0.4, -0.2) is 45.8 Å². The Balaban J connectivity index is 1.45. The van der Waals surface area contributed by atoms with Crippen molar-refractivity contribution in [2.24, 2.45) is 5.92 Å². The number of fused-ring (bicyclic) bond motifs is 1. The molecule has 4 rings (SSSR count). The normalized spacial score (nSPS) is 19.5. The molecule has 0 aliphatic heterocycles. The molecular formula is C23H35N3O2. The summed E-state index contributed by atoms with van der Waals surface area (Å²) >= 11 is 0. The van der Waals surface area contributed by atoms with Crippen LogP contribution in [0.15, 0.2) is 18.2 Å². The first-order chi connectivity index (χ1) is 13.8. The first kappa shape index (κ1) is 19.7. The summed E-state index contributed by atoms with van der Waals surface area (Å²) in [5.74, 6) is 2.56. The van der Waals surface area contributed by atoms with Gasteiger partial charge in [-0.05, 0) is 43.7 Å². The number of para-hydroxylation sites is 1. The van der Waals surface area contributed by atoms with Crippen molar-refractivity contribution in [3.8, 4) is 5.75 Å². The highest BCUT2D eigenvalue weighted by molar-refractivity contribution is 5.81. The van der Waals surface area contributed by atoms with E-state index in [9.17, 15) is 5.11 Å². The smallest absolute Gasteiger partial charge is 0.147 e. The van der Waals surface area contributed by atoms with Crippen LogP contribution < -0.4 is 4.74 Å². The molecule has 154 valence electrons. The van der Waals surface area contributed by atoms with E-state index in [4.69, 9.17) is 9.72 Å². The number of aromatic nitrogens is 2. The van der Waals surface area contributed by atoms with Crippen molar-refractivity contribution in [3.05, 3.63) is 24.0 Å². The van der Waals surface area contributed by atoms with Gasteiger partial charge in [0, 0.05) is 12.6 Å². The molecule has 1 aromatic heterocycles. The number of ether oxygens (including phenoxy) is 1. The Kier molecular flexibility index (Phi) is 6.86. The van der Waals surface area contributed by atoms with Crippen LogP contribution in [0.4, 0.5) is 0 Å². The largest absolute Gasteiger partial charge is 0.491 e. The summed E-state index contributed by atoms with van der Waals surface area (Å²) in [6.45, 7) is 2.49. The van der Waals surface area contributed by atoms with E-state index in [1.54, 1.807) is 0 Å². The Morgan fingerprint density at radius 1 is 1.04 bits per heavy atom. The van der Waals surface area contributed by atoms with E-state index in [1.807, 2.05) is 12.1 Å². The van der Waals surface area contributed by atoms with Gasteiger partial charge in [-0.2, -0.15) is 0 Å². The van der Waals surface area contributed by atoms with Gasteiger partial charge in [0.15, 0.2) is 0 Å². The molecule has 0 bridgehead atoms. The van der Waals surface area contributed by atoms with Gasteiger partial charge in [-0.1, -0.05) is 44.6 Å². The van der Waals surface area contributed by atoms with E-state index < -0.39 is 0 Å². The lowest BCUT2D eigenvalue weighted by atomic mass is 9.90. The molecule has 2 aliphatic rings. The number of rotatable bonds is 8. The van der Waals surface area contributed by atoms with Gasteiger partial charge in [0.25, 0.3) is 0 Å². The van der Waals surface area contributed by atoms with Gasteiger partial charge in [0.2, 0.25) is 0 Å². The van der Waals surface area contributed by atoms with Crippen molar-refractivity contribution in [3.63, 3.8) is 0 Å². The third-order valence-electron chi connectivity index (χ3n) is 6.56. The Hall–Kier alpha value is -1.59. The summed E-state index contributed by atoms with van der Waals surface area (Å²) in [5.41, 5.74) is 1.99. The summed E-state index contributed by atoms with van der Waals surface area (Å²) in [6.07, 6.45) is 13.0. The SMILES string of the molecule is OCCN(Cc1nc2c(OCC3CCCCC3)cccc2[nH]1)C1CCCCC1. The molecule has 2 fully saturated rings. The van der Waals surface area contributed by atoms with Crippen LogP contribution in [-0.2, 0) is 6.54 Å². The number of H-pyrrole nitrogens is 1. The van der Waals surface area contributed by atoms with Crippen LogP contribution in [0.2, 0.25) is 0 Å². The molecule has 0 amide bonds. The summed E-state index contributed by atoms with van der Waals surface area (Å²) in [7, 11) is 0. The van der Waals surface area contributed by atoms with E-state index in [1.165, 1.54) is 64.2 Å². The number of aromatic amines is 1. The minimum absolute atomic E-state index is 0.201. The fraction of sp³-hybridized carbons (Fsp3) is 0.696. The summed E-state index contributed by atoms with van der Waals surface area (Å²) in [4.78, 5) is 10.8. The molecule has 5 nitrogen and oxygen atoms in total. The second-order valence-electron chi connectivity index (χ2n) is 8.64. The molecule has 0 unspecified atom stereocenters. The fourth-order valence-electron chi connectivity index (χ4n) is 4.97. The molecular weight excluding hydrogens is 350 g/mol. The van der Waals surface area contributed by atoms with Crippen molar-refractivity contribution in [1.29, 1.82) is 0 Å². The zero-order valence-electron chi connectivity index (χ0n) is 17.0. The van der Waals surface area contributed by atoms with Crippen molar-refractivity contribution in [2.75, 3.05) is 19.8 Å². The molecule has 2 aromatic rings. The van der Waals surface area contributed by atoms with E-state index >= 15 is 0 Å². The molecule has 1 aromatic carbocycles. The lowest BCUT2D eigenvalue weighted by Crippen LogP contribution is -2.38. The van der Waals surface area contributed by atoms with Gasteiger partial charge in [-0.25, -0.2) is 4.98 Å². The van der Waals surface area contributed by atoms with Gasteiger partial charge < -0.3 is 14.8 Å². The average Bonchev–Trinajstić information content (AvgIpc) is 3.16. The molecule has 0 saturated heterocycles. The third-order valence-corrected chi connectivity index (χ3v) is 6.56. The lowest BCUT2D eigenvalue weighted by Gasteiger charge is -2.33. The van der Waals surface area contributed by atoms with Crippen molar-refractivity contribution >= 4 is 11.0 Å². The van der Waals surface area contributed by atoms with Crippen molar-refractivity contribution in [2.45, 2.75) is 76.8 Å². The number of imidazole rings is 1. The van der Waals surface area contributed by atoms with Gasteiger partial charge >= 0.3 is 0 Å². The number of aliphatic hydroxyl groups is 1. The highest BCUT2D eigenvalue weighted by atomic mass is 16.5. The molecule has 2 saturated carbocycles. The van der Waals surface area contributed by atoms with E-state index in [-0.39, 0.29) is 6.61 Å². The molecule has 2 aliphatic carbocycles. The monoisotopic (exact) mass is 385 g/mol. The van der Waals surface area contributed by atoms with Crippen LogP contribution in [0.5, 0.6) is 5.75 Å². The lowest BCUT2D eigenvalue weighted by molar-refractivity contribution is 0.115. The minimum Gasteiger partial charge on any atom is -0.491 e. The maximum Gasteiger partial charge on any atom is 0.147 e. The third kappa shape index (κ3) is 4.87. The van der Waals surface area contributed by atoms with Gasteiger partial charge in [0.05, 0.1) is 25.3 Å². The maximum atomic E-state index is 9.53. The highest BCUT2D eigenvalue weighted by Gasteiger charge is 2.22. The summed E-state index contributed by atoms with van der Waals surface area (Å²) < 4.78 is 6.20. The summed E-state index contributed by atoms with van der Waals surface area (Å²) in [6, 6.07) is 6.74. The number of hydrogen-bond acceptors (Lipinski definition) is 4. The number of aliphatic hydroxyl groups excluding tert-OH is 1. The molecule has 0 atom stereocenters. The first-order valence-electron chi connectivity index (χ1n) is 11.3. The molecule has 0 spiro atoms. The predicted octanol–water partition coefficient (Wildman–Crippen LogP) is 4.65. The Morgan fingerprint density at radius 3 is 2.54 bits per heavy atom. The van der Waals surface area contributed by atoms with Crippen LogP contribution in [0.25, 0.3) is 11.0 Å². The summed E-state index contributed by atoms with van der Waals surface area (Å²) in [5, 5.41) is 9.53. The number of nitrogens with zero attached hydrogens (tertiary/aromatic N) is 2. The molecule has 0 radical (unpaired) electrons. The van der Waals surface area contributed by atoms with Crippen molar-refractivity contribution < 1.29 is 9.84 Å². The van der Waals surface area contributed by atoms with Crippen LogP contribution in [0.3, 0.4) is 0 Å². The predicted molar refractivity (Wildman–Crippen MR) is 113 cm³/mol. The topological polar surface area (TPSA) is 61.4 Å². The Bertz CT molecular complexity index is 733. The quantitative estimate of drug-likeness (QED) is 0.694. The Labute approximate surface area is 168 Å². The molecule has 28 heavy (non-hydrogen) atoms. The number of hydrogen-bond donors (Lipinski definition) is 2. The van der Waals surface area contributed by atoms with Crippen LogP contribution >= 0.6 is 0 Å². The number of nitrogens with one attached hydrogen (secondary N) is 1. The van der Waals surface area contributed by atoms with Crippen molar-refractivity contribution in [1.82, 2.24) is 14.9 Å². The van der Waals surface area contributed by atoms with E-state index in [2.05, 4.69) is 16.0 Å². The second kappa shape index (κ2) is 9.75. The average molecular weight is 386 g/mol.